The van der Waals surface area contributed by atoms with Gasteiger partial charge >= 0.3 is 0 Å². The molecule has 0 spiro atoms. The molecule has 2 fully saturated rings. The number of rotatable bonds is 5. The molecule has 3 heterocycles. The number of ether oxygens (including phenoxy) is 1. The Hall–Kier alpha value is -1.35. The Bertz CT molecular complexity index is 580. The second kappa shape index (κ2) is 7.90. The fraction of sp³-hybridized carbons (Fsp3) is 0.812. The largest absolute Gasteiger partial charge is 0.377 e. The number of carbonyl (C=O) groups excluding carboxylic acids is 1. The van der Waals surface area contributed by atoms with E-state index in [0.29, 0.717) is 24.8 Å². The second-order valence-electron chi connectivity index (χ2n) is 6.80. The molecule has 0 aromatic carbocycles. The summed E-state index contributed by atoms with van der Waals surface area (Å²) in [5.74, 6) is -1.57. The van der Waals surface area contributed by atoms with Crippen molar-refractivity contribution in [3.8, 4) is 0 Å². The van der Waals surface area contributed by atoms with Crippen molar-refractivity contribution in [1.29, 1.82) is 0 Å². The normalized spacial score (nSPS) is 21.6. The molecule has 1 aromatic rings. The Kier molecular flexibility index (Phi) is 5.83. The van der Waals surface area contributed by atoms with Gasteiger partial charge in [0.1, 0.15) is 6.61 Å². The topological polar surface area (TPSA) is 58.6 Å². The summed E-state index contributed by atoms with van der Waals surface area (Å²) >= 11 is 1.37. The number of carbonyl (C=O) groups is 1. The molecule has 0 saturated carbocycles. The second-order valence-corrected chi connectivity index (χ2v) is 7.53. The van der Waals surface area contributed by atoms with Crippen LogP contribution in [-0.2, 0) is 16.1 Å². The van der Waals surface area contributed by atoms with Crippen LogP contribution in [0.1, 0.15) is 37.9 Å². The highest BCUT2D eigenvalue weighted by atomic mass is 32.1. The van der Waals surface area contributed by atoms with Gasteiger partial charge in [0.2, 0.25) is 11.0 Å². The average molecular weight is 374 g/mol. The van der Waals surface area contributed by atoms with Crippen molar-refractivity contribution in [2.75, 3.05) is 38.2 Å². The first kappa shape index (κ1) is 18.4. The highest BCUT2D eigenvalue weighted by Gasteiger charge is 2.36. The van der Waals surface area contributed by atoms with Crippen LogP contribution in [0.25, 0.3) is 0 Å². The molecule has 0 atom stereocenters. The number of hydrogen-bond acceptors (Lipinski definition) is 6. The molecule has 2 aliphatic rings. The van der Waals surface area contributed by atoms with E-state index in [0.717, 1.165) is 31.1 Å². The summed E-state index contributed by atoms with van der Waals surface area (Å²) in [6.45, 7) is 2.46. The third-order valence-corrected chi connectivity index (χ3v) is 5.74. The smallest absolute Gasteiger partial charge is 0.251 e. The van der Waals surface area contributed by atoms with Gasteiger partial charge in [0.15, 0.2) is 5.82 Å². The molecule has 140 valence electrons. The first-order valence-corrected chi connectivity index (χ1v) is 9.46. The zero-order valence-corrected chi connectivity index (χ0v) is 15.2. The standard InChI is InChI=1S/C16H24F2N4O2S/c1-24-11-13-19-15(25-20-13)22-6-2-12(3-7-22)10-14(23)21-8-4-16(17,18)5-9-21/h12H,2-11H2,1H3. The van der Waals surface area contributed by atoms with Gasteiger partial charge in [0, 0.05) is 64.1 Å². The molecule has 1 aromatic heterocycles. The maximum absolute atomic E-state index is 13.2. The van der Waals surface area contributed by atoms with E-state index in [-0.39, 0.29) is 31.8 Å². The van der Waals surface area contributed by atoms with Gasteiger partial charge < -0.3 is 14.5 Å². The Morgan fingerprint density at radius 2 is 1.96 bits per heavy atom. The molecule has 2 aliphatic heterocycles. The van der Waals surface area contributed by atoms with E-state index in [1.807, 2.05) is 0 Å². The van der Waals surface area contributed by atoms with E-state index in [1.165, 1.54) is 11.5 Å². The lowest BCUT2D eigenvalue weighted by Gasteiger charge is -2.35. The van der Waals surface area contributed by atoms with Crippen molar-refractivity contribution < 1.29 is 18.3 Å². The highest BCUT2D eigenvalue weighted by Crippen LogP contribution is 2.30. The molecular formula is C16H24F2N4O2S. The lowest BCUT2D eigenvalue weighted by molar-refractivity contribution is -0.138. The fourth-order valence-corrected chi connectivity index (χ4v) is 4.07. The number of amides is 1. The number of alkyl halides is 2. The predicted octanol–water partition coefficient (Wildman–Crippen LogP) is 2.55. The molecule has 6 nitrogen and oxygen atoms in total. The van der Waals surface area contributed by atoms with E-state index in [1.54, 1.807) is 12.0 Å². The van der Waals surface area contributed by atoms with Crippen molar-refractivity contribution >= 4 is 22.6 Å². The number of piperidine rings is 2. The van der Waals surface area contributed by atoms with Crippen LogP contribution in [0.5, 0.6) is 0 Å². The molecule has 0 unspecified atom stereocenters. The van der Waals surface area contributed by atoms with Crippen LogP contribution in [-0.4, -0.2) is 59.4 Å². The third kappa shape index (κ3) is 4.84. The quantitative estimate of drug-likeness (QED) is 0.793. The van der Waals surface area contributed by atoms with Crippen LogP contribution in [0.4, 0.5) is 13.9 Å². The van der Waals surface area contributed by atoms with E-state index < -0.39 is 5.92 Å². The molecule has 25 heavy (non-hydrogen) atoms. The summed E-state index contributed by atoms with van der Waals surface area (Å²) in [4.78, 5) is 20.6. The van der Waals surface area contributed by atoms with Gasteiger partial charge in [-0.25, -0.2) is 13.8 Å². The number of likely N-dealkylation sites (tertiary alicyclic amines) is 1. The number of hydrogen-bond donors (Lipinski definition) is 0. The van der Waals surface area contributed by atoms with Gasteiger partial charge in [-0.1, -0.05) is 0 Å². The number of nitrogens with zero attached hydrogens (tertiary/aromatic N) is 4. The summed E-state index contributed by atoms with van der Waals surface area (Å²) in [6.07, 6.45) is 1.87. The SMILES string of the molecule is COCc1nsc(N2CCC(CC(=O)N3CCC(F)(F)CC3)CC2)n1. The fourth-order valence-electron chi connectivity index (χ4n) is 3.35. The number of halogens is 2. The summed E-state index contributed by atoms with van der Waals surface area (Å²) < 4.78 is 35.7. The van der Waals surface area contributed by atoms with E-state index in [4.69, 9.17) is 4.74 Å². The summed E-state index contributed by atoms with van der Waals surface area (Å²) in [6, 6.07) is 0. The van der Waals surface area contributed by atoms with Gasteiger partial charge in [-0.15, -0.1) is 0 Å². The van der Waals surface area contributed by atoms with E-state index in [9.17, 15) is 13.6 Å². The number of methoxy groups -OCH3 is 1. The first-order valence-electron chi connectivity index (χ1n) is 8.69. The van der Waals surface area contributed by atoms with Gasteiger partial charge in [-0.3, -0.25) is 4.79 Å². The van der Waals surface area contributed by atoms with E-state index >= 15 is 0 Å². The number of aromatic nitrogens is 2. The van der Waals surface area contributed by atoms with Crippen molar-refractivity contribution in [2.24, 2.45) is 5.92 Å². The average Bonchev–Trinajstić information content (AvgIpc) is 3.04. The Morgan fingerprint density at radius 3 is 2.60 bits per heavy atom. The Balaban J connectivity index is 1.43. The van der Waals surface area contributed by atoms with E-state index in [2.05, 4.69) is 14.3 Å². The van der Waals surface area contributed by atoms with Crippen LogP contribution in [0.2, 0.25) is 0 Å². The summed E-state index contributed by atoms with van der Waals surface area (Å²) in [5, 5.41) is 0.898. The maximum Gasteiger partial charge on any atom is 0.251 e. The molecule has 2 saturated heterocycles. The zero-order valence-electron chi connectivity index (χ0n) is 14.4. The molecular weight excluding hydrogens is 350 g/mol. The maximum atomic E-state index is 13.2. The molecule has 3 rings (SSSR count). The van der Waals surface area contributed by atoms with Crippen molar-refractivity contribution in [2.45, 2.75) is 44.6 Å². The molecule has 1 amide bonds. The predicted molar refractivity (Wildman–Crippen MR) is 90.9 cm³/mol. The molecule has 0 N–H and O–H groups in total. The van der Waals surface area contributed by atoms with Crippen molar-refractivity contribution in [3.63, 3.8) is 0 Å². The van der Waals surface area contributed by atoms with Crippen LogP contribution in [0.15, 0.2) is 0 Å². The van der Waals surface area contributed by atoms with Gasteiger partial charge in [0.25, 0.3) is 5.92 Å². The van der Waals surface area contributed by atoms with Gasteiger partial charge in [0.05, 0.1) is 0 Å². The van der Waals surface area contributed by atoms with Crippen LogP contribution in [0, 0.1) is 5.92 Å². The van der Waals surface area contributed by atoms with Crippen LogP contribution < -0.4 is 4.90 Å². The number of anilines is 1. The van der Waals surface area contributed by atoms with Crippen LogP contribution in [0.3, 0.4) is 0 Å². The van der Waals surface area contributed by atoms with Crippen LogP contribution >= 0.6 is 11.5 Å². The zero-order chi connectivity index (χ0) is 17.9. The molecule has 0 aliphatic carbocycles. The summed E-state index contributed by atoms with van der Waals surface area (Å²) in [5.41, 5.74) is 0. The Morgan fingerprint density at radius 1 is 1.28 bits per heavy atom. The molecule has 0 bridgehead atoms. The minimum atomic E-state index is -2.61. The van der Waals surface area contributed by atoms with Gasteiger partial charge in [-0.05, 0) is 18.8 Å². The minimum absolute atomic E-state index is 0.0206. The molecule has 0 radical (unpaired) electrons. The van der Waals surface area contributed by atoms with Crippen molar-refractivity contribution in [1.82, 2.24) is 14.3 Å². The van der Waals surface area contributed by atoms with Crippen molar-refractivity contribution in [3.05, 3.63) is 5.82 Å². The summed E-state index contributed by atoms with van der Waals surface area (Å²) in [7, 11) is 1.62. The Labute approximate surface area is 150 Å². The third-order valence-electron chi connectivity index (χ3n) is 4.93. The highest BCUT2D eigenvalue weighted by molar-refractivity contribution is 7.09. The molecule has 9 heteroatoms. The van der Waals surface area contributed by atoms with Gasteiger partial charge in [-0.2, -0.15) is 4.37 Å². The first-order chi connectivity index (χ1) is 12.0. The minimum Gasteiger partial charge on any atom is -0.377 e. The lowest BCUT2D eigenvalue weighted by atomic mass is 9.92. The lowest BCUT2D eigenvalue weighted by Crippen LogP contribution is -2.44. The monoisotopic (exact) mass is 374 g/mol.